The Labute approximate surface area is 130 Å². The predicted octanol–water partition coefficient (Wildman–Crippen LogP) is 4.39. The van der Waals surface area contributed by atoms with Gasteiger partial charge in [0.25, 0.3) is 0 Å². The van der Waals surface area contributed by atoms with E-state index in [1.54, 1.807) is 12.1 Å². The molecule has 0 aliphatic heterocycles. The van der Waals surface area contributed by atoms with Crippen molar-refractivity contribution in [2.24, 2.45) is 0 Å². The number of rotatable bonds is 4. The summed E-state index contributed by atoms with van der Waals surface area (Å²) >= 11 is 3.17. The Morgan fingerprint density at radius 3 is 2.67 bits per heavy atom. The van der Waals surface area contributed by atoms with E-state index in [0.29, 0.717) is 11.0 Å². The molecular weight excluding hydrogens is 333 g/mol. The largest absolute Gasteiger partial charge is 0.379 e. The summed E-state index contributed by atoms with van der Waals surface area (Å²) < 4.78 is 15.4. The van der Waals surface area contributed by atoms with Crippen LogP contribution in [0.25, 0.3) is 5.69 Å². The summed E-state index contributed by atoms with van der Waals surface area (Å²) in [5.74, 6) is -0.270. The smallest absolute Gasteiger partial charge is 0.137 e. The van der Waals surface area contributed by atoms with Crippen molar-refractivity contribution < 1.29 is 4.39 Å². The van der Waals surface area contributed by atoms with E-state index in [2.05, 4.69) is 26.3 Å². The fourth-order valence-electron chi connectivity index (χ4n) is 1.98. The van der Waals surface area contributed by atoms with Crippen LogP contribution < -0.4 is 5.32 Å². The first-order chi connectivity index (χ1) is 10.2. The van der Waals surface area contributed by atoms with Crippen molar-refractivity contribution in [3.8, 4) is 5.69 Å². The van der Waals surface area contributed by atoms with Crippen LogP contribution in [0, 0.1) is 5.82 Å². The molecule has 1 aromatic heterocycles. The summed E-state index contributed by atoms with van der Waals surface area (Å²) in [6.07, 6.45) is 1.92. The predicted molar refractivity (Wildman–Crippen MR) is 85.0 cm³/mol. The standard InChI is InChI=1S/C16H13BrFN3/c17-15-10-12(6-7-16(15)18)19-11-13-8-9-21(20-13)14-4-2-1-3-5-14/h1-10,19H,11H2. The van der Waals surface area contributed by atoms with Gasteiger partial charge in [0.1, 0.15) is 5.82 Å². The van der Waals surface area contributed by atoms with Gasteiger partial charge in [-0.25, -0.2) is 9.07 Å². The second-order valence-electron chi connectivity index (χ2n) is 4.57. The number of aromatic nitrogens is 2. The van der Waals surface area contributed by atoms with Gasteiger partial charge >= 0.3 is 0 Å². The first-order valence-corrected chi connectivity index (χ1v) is 7.30. The Balaban J connectivity index is 1.69. The van der Waals surface area contributed by atoms with Crippen LogP contribution in [-0.4, -0.2) is 9.78 Å². The third kappa shape index (κ3) is 3.31. The lowest BCUT2D eigenvalue weighted by molar-refractivity contribution is 0.621. The Hall–Kier alpha value is -2.14. The number of halogens is 2. The molecule has 0 unspecified atom stereocenters. The number of para-hydroxylation sites is 1. The van der Waals surface area contributed by atoms with Gasteiger partial charge in [-0.1, -0.05) is 18.2 Å². The van der Waals surface area contributed by atoms with Gasteiger partial charge < -0.3 is 5.32 Å². The minimum atomic E-state index is -0.270. The van der Waals surface area contributed by atoms with Crippen molar-refractivity contribution in [2.75, 3.05) is 5.32 Å². The molecule has 0 saturated heterocycles. The number of nitrogens with zero attached hydrogens (tertiary/aromatic N) is 2. The van der Waals surface area contributed by atoms with Crippen LogP contribution in [0.3, 0.4) is 0 Å². The summed E-state index contributed by atoms with van der Waals surface area (Å²) in [5, 5.41) is 7.73. The molecular formula is C16H13BrFN3. The van der Waals surface area contributed by atoms with Gasteiger partial charge in [0.05, 0.1) is 22.4 Å². The fraction of sp³-hybridized carbons (Fsp3) is 0.0625. The summed E-state index contributed by atoms with van der Waals surface area (Å²) in [6, 6.07) is 16.7. The van der Waals surface area contributed by atoms with Crippen molar-refractivity contribution in [1.82, 2.24) is 9.78 Å². The molecule has 0 saturated carbocycles. The van der Waals surface area contributed by atoms with Gasteiger partial charge in [-0.3, -0.25) is 0 Å². The van der Waals surface area contributed by atoms with Crippen molar-refractivity contribution in [3.05, 3.63) is 76.8 Å². The molecule has 5 heteroatoms. The Morgan fingerprint density at radius 2 is 1.90 bits per heavy atom. The second kappa shape index (κ2) is 6.10. The third-order valence-electron chi connectivity index (χ3n) is 3.06. The molecule has 0 aliphatic carbocycles. The summed E-state index contributed by atoms with van der Waals surface area (Å²) in [7, 11) is 0. The minimum absolute atomic E-state index is 0.270. The lowest BCUT2D eigenvalue weighted by atomic mass is 10.3. The lowest BCUT2D eigenvalue weighted by Gasteiger charge is -2.05. The number of benzene rings is 2. The maximum atomic E-state index is 13.2. The van der Waals surface area contributed by atoms with Crippen molar-refractivity contribution in [3.63, 3.8) is 0 Å². The molecule has 0 radical (unpaired) electrons. The molecule has 0 fully saturated rings. The molecule has 21 heavy (non-hydrogen) atoms. The molecule has 1 heterocycles. The van der Waals surface area contributed by atoms with Gasteiger partial charge in [-0.2, -0.15) is 5.10 Å². The topological polar surface area (TPSA) is 29.9 Å². The highest BCUT2D eigenvalue weighted by molar-refractivity contribution is 9.10. The highest BCUT2D eigenvalue weighted by atomic mass is 79.9. The number of hydrogen-bond acceptors (Lipinski definition) is 2. The molecule has 3 aromatic rings. The van der Waals surface area contributed by atoms with Crippen molar-refractivity contribution >= 4 is 21.6 Å². The molecule has 2 aromatic carbocycles. The monoisotopic (exact) mass is 345 g/mol. The van der Waals surface area contributed by atoms with E-state index >= 15 is 0 Å². The van der Waals surface area contributed by atoms with Crippen LogP contribution in [0.5, 0.6) is 0 Å². The SMILES string of the molecule is Fc1ccc(NCc2ccn(-c3ccccc3)n2)cc1Br. The summed E-state index contributed by atoms with van der Waals surface area (Å²) in [6.45, 7) is 0.581. The highest BCUT2D eigenvalue weighted by Crippen LogP contribution is 2.20. The first kappa shape index (κ1) is 13.8. The van der Waals surface area contributed by atoms with E-state index in [9.17, 15) is 4.39 Å². The molecule has 0 amide bonds. The Morgan fingerprint density at radius 1 is 1.10 bits per heavy atom. The second-order valence-corrected chi connectivity index (χ2v) is 5.42. The van der Waals surface area contributed by atoms with Crippen LogP contribution in [0.2, 0.25) is 0 Å². The average Bonchev–Trinajstić information content (AvgIpc) is 2.98. The van der Waals surface area contributed by atoms with Gasteiger partial charge in [0, 0.05) is 11.9 Å². The maximum Gasteiger partial charge on any atom is 0.137 e. The average molecular weight is 346 g/mol. The maximum absolute atomic E-state index is 13.2. The van der Waals surface area contributed by atoms with E-state index < -0.39 is 0 Å². The Kier molecular flexibility index (Phi) is 4.01. The summed E-state index contributed by atoms with van der Waals surface area (Å²) in [4.78, 5) is 0. The molecule has 3 nitrogen and oxygen atoms in total. The van der Waals surface area contributed by atoms with Gasteiger partial charge in [0.15, 0.2) is 0 Å². The van der Waals surface area contributed by atoms with Crippen LogP contribution in [0.1, 0.15) is 5.69 Å². The zero-order valence-corrected chi connectivity index (χ0v) is 12.7. The van der Waals surface area contributed by atoms with E-state index in [1.165, 1.54) is 6.07 Å². The molecule has 1 N–H and O–H groups in total. The third-order valence-corrected chi connectivity index (χ3v) is 3.67. The molecule has 0 bridgehead atoms. The van der Waals surface area contributed by atoms with Crippen molar-refractivity contribution in [1.29, 1.82) is 0 Å². The van der Waals surface area contributed by atoms with Crippen molar-refractivity contribution in [2.45, 2.75) is 6.54 Å². The van der Waals surface area contributed by atoms with Gasteiger partial charge in [-0.15, -0.1) is 0 Å². The zero-order chi connectivity index (χ0) is 14.7. The van der Waals surface area contributed by atoms with Crippen LogP contribution >= 0.6 is 15.9 Å². The number of anilines is 1. The lowest BCUT2D eigenvalue weighted by Crippen LogP contribution is -2.02. The molecule has 3 rings (SSSR count). The van der Waals surface area contributed by atoms with Crippen LogP contribution in [0.4, 0.5) is 10.1 Å². The minimum Gasteiger partial charge on any atom is -0.379 e. The number of nitrogens with one attached hydrogen (secondary N) is 1. The first-order valence-electron chi connectivity index (χ1n) is 6.51. The molecule has 0 aliphatic rings. The molecule has 0 atom stereocenters. The summed E-state index contributed by atoms with van der Waals surface area (Å²) in [5.41, 5.74) is 2.78. The van der Waals surface area contributed by atoms with E-state index in [-0.39, 0.29) is 5.82 Å². The quantitative estimate of drug-likeness (QED) is 0.760. The van der Waals surface area contributed by atoms with Crippen LogP contribution in [-0.2, 0) is 6.54 Å². The zero-order valence-electron chi connectivity index (χ0n) is 11.1. The molecule has 0 spiro atoms. The van der Waals surface area contributed by atoms with Gasteiger partial charge in [0.2, 0.25) is 0 Å². The van der Waals surface area contributed by atoms with E-state index in [1.807, 2.05) is 47.3 Å². The molecule has 106 valence electrons. The Bertz CT molecular complexity index is 740. The van der Waals surface area contributed by atoms with E-state index in [0.717, 1.165) is 17.1 Å². The highest BCUT2D eigenvalue weighted by Gasteiger charge is 2.03. The van der Waals surface area contributed by atoms with Crippen LogP contribution in [0.15, 0.2) is 65.3 Å². The fourth-order valence-corrected chi connectivity index (χ4v) is 2.36. The normalized spacial score (nSPS) is 10.6. The number of hydrogen-bond donors (Lipinski definition) is 1. The van der Waals surface area contributed by atoms with E-state index in [4.69, 9.17) is 0 Å². The van der Waals surface area contributed by atoms with Gasteiger partial charge in [-0.05, 0) is 52.3 Å².